The van der Waals surface area contributed by atoms with Gasteiger partial charge in [0.2, 0.25) is 0 Å². The highest BCUT2D eigenvalue weighted by molar-refractivity contribution is 7.19. The first-order chi connectivity index (χ1) is 28.8. The van der Waals surface area contributed by atoms with E-state index in [1.165, 1.54) is 47.8 Å². The van der Waals surface area contributed by atoms with E-state index >= 15 is 0 Å². The molecule has 4 heterocycles. The number of rotatable bonds is 6. The molecule has 272 valence electrons. The zero-order chi connectivity index (χ0) is 38.2. The van der Waals surface area contributed by atoms with Gasteiger partial charge in [0.05, 0.1) is 22.1 Å². The number of pyridine rings is 1. The van der Waals surface area contributed by atoms with Crippen molar-refractivity contribution in [1.29, 1.82) is 0 Å². The Morgan fingerprint density at radius 1 is 0.345 bits per heavy atom. The summed E-state index contributed by atoms with van der Waals surface area (Å²) >= 11 is 0. The number of para-hydroxylation sites is 4. The molecule has 0 saturated heterocycles. The van der Waals surface area contributed by atoms with Gasteiger partial charge in [0, 0.05) is 44.2 Å². The van der Waals surface area contributed by atoms with Gasteiger partial charge in [-0.15, -0.1) is 0 Å². The van der Waals surface area contributed by atoms with E-state index in [1.807, 2.05) is 6.07 Å². The molecule has 0 aliphatic heterocycles. The second kappa shape index (κ2) is 12.8. The molecule has 0 spiro atoms. The summed E-state index contributed by atoms with van der Waals surface area (Å²) < 4.78 is 11.1. The van der Waals surface area contributed by atoms with Crippen molar-refractivity contribution in [3.63, 3.8) is 0 Å². The van der Waals surface area contributed by atoms with Gasteiger partial charge < -0.3 is 8.98 Å². The van der Waals surface area contributed by atoms with Crippen molar-refractivity contribution in [1.82, 2.24) is 14.1 Å². The third-order valence-corrected chi connectivity index (χ3v) is 16.9. The van der Waals surface area contributed by atoms with E-state index in [-0.39, 0.29) is 0 Å². The highest BCUT2D eigenvalue weighted by Gasteiger charge is 2.42. The number of fused-ring (bicyclic) bond motifs is 10. The maximum atomic E-state index is 6.36. The summed E-state index contributed by atoms with van der Waals surface area (Å²) in [6, 6.07) is 74.7. The van der Waals surface area contributed by atoms with Gasteiger partial charge in [0.1, 0.15) is 17.0 Å². The number of furan rings is 1. The van der Waals surface area contributed by atoms with Crippen molar-refractivity contribution in [2.45, 2.75) is 0 Å². The Morgan fingerprint density at radius 2 is 0.862 bits per heavy atom. The number of benzene rings is 8. The first-order valence-electron chi connectivity index (χ1n) is 19.8. The van der Waals surface area contributed by atoms with Gasteiger partial charge in [-0.05, 0) is 75.3 Å². The van der Waals surface area contributed by atoms with Gasteiger partial charge >= 0.3 is 0 Å². The SMILES string of the molecule is c1ccc([Si](c2ccccc2)(c2ccc(-n3c4ccccc4c4c5c(ccc43)oc3ccccc35)cc2)c2ccc(-n3c4ccccc4c4ccccc43)nc2)cc1. The first kappa shape index (κ1) is 32.7. The average molecular weight is 758 g/mol. The van der Waals surface area contributed by atoms with Crippen LogP contribution in [-0.4, -0.2) is 22.2 Å². The van der Waals surface area contributed by atoms with Crippen LogP contribution in [0, 0.1) is 0 Å². The molecule has 0 amide bonds. The van der Waals surface area contributed by atoms with E-state index in [1.54, 1.807) is 0 Å². The van der Waals surface area contributed by atoms with Gasteiger partial charge in [-0.3, -0.25) is 4.57 Å². The summed E-state index contributed by atoms with van der Waals surface area (Å²) in [5.74, 6) is 0.909. The fourth-order valence-corrected chi connectivity index (χ4v) is 14.3. The number of hydrogen-bond acceptors (Lipinski definition) is 2. The van der Waals surface area contributed by atoms with Crippen molar-refractivity contribution in [3.05, 3.63) is 212 Å². The van der Waals surface area contributed by atoms with Gasteiger partial charge in [0.25, 0.3) is 0 Å². The normalized spacial score (nSPS) is 12.1. The molecule has 4 aromatic heterocycles. The molecule has 0 aliphatic carbocycles. The molecular formula is C53H35N3OSi. The molecule has 0 bridgehead atoms. The van der Waals surface area contributed by atoms with E-state index in [4.69, 9.17) is 9.40 Å². The van der Waals surface area contributed by atoms with Crippen LogP contribution in [0.25, 0.3) is 77.1 Å². The number of hydrogen-bond donors (Lipinski definition) is 0. The molecule has 0 fully saturated rings. The lowest BCUT2D eigenvalue weighted by Crippen LogP contribution is -2.74. The van der Waals surface area contributed by atoms with Crippen LogP contribution in [0.5, 0.6) is 0 Å². The van der Waals surface area contributed by atoms with Crippen molar-refractivity contribution in [2.75, 3.05) is 0 Å². The Morgan fingerprint density at radius 3 is 1.48 bits per heavy atom. The van der Waals surface area contributed by atoms with Crippen LogP contribution < -0.4 is 20.7 Å². The molecule has 0 aliphatic rings. The molecule has 12 aromatic rings. The maximum absolute atomic E-state index is 6.36. The quantitative estimate of drug-likeness (QED) is 0.125. The minimum atomic E-state index is -2.88. The zero-order valence-corrected chi connectivity index (χ0v) is 32.5. The Kier molecular flexibility index (Phi) is 7.21. The number of aromatic nitrogens is 3. The van der Waals surface area contributed by atoms with E-state index in [0.717, 1.165) is 50.0 Å². The predicted molar refractivity (Wildman–Crippen MR) is 244 cm³/mol. The molecule has 5 heteroatoms. The minimum Gasteiger partial charge on any atom is -0.456 e. The van der Waals surface area contributed by atoms with Gasteiger partial charge in [-0.25, -0.2) is 4.98 Å². The van der Waals surface area contributed by atoms with Crippen LogP contribution in [0.3, 0.4) is 0 Å². The minimum absolute atomic E-state index is 0.909. The van der Waals surface area contributed by atoms with E-state index < -0.39 is 8.07 Å². The summed E-state index contributed by atoms with van der Waals surface area (Å²) in [5, 5.41) is 12.3. The molecule has 0 N–H and O–H groups in total. The molecule has 0 saturated carbocycles. The predicted octanol–water partition coefficient (Wildman–Crippen LogP) is 10.6. The molecule has 0 atom stereocenters. The topological polar surface area (TPSA) is 35.9 Å². The molecule has 12 rings (SSSR count). The van der Waals surface area contributed by atoms with E-state index in [9.17, 15) is 0 Å². The smallest absolute Gasteiger partial charge is 0.181 e. The summed E-state index contributed by atoms with van der Waals surface area (Å²) in [6.45, 7) is 0. The molecule has 0 radical (unpaired) electrons. The first-order valence-corrected chi connectivity index (χ1v) is 21.8. The fraction of sp³-hybridized carbons (Fsp3) is 0. The Bertz CT molecular complexity index is 3400. The third-order valence-electron chi connectivity index (χ3n) is 12.1. The third kappa shape index (κ3) is 4.65. The second-order valence-corrected chi connectivity index (χ2v) is 18.9. The highest BCUT2D eigenvalue weighted by Crippen LogP contribution is 2.41. The van der Waals surface area contributed by atoms with Crippen molar-refractivity contribution in [3.8, 4) is 11.5 Å². The standard InChI is InChI=1S/C53H35N3OSi/c1-3-15-37(16-4-1)58(38-17-5-2-6-18-38,40-31-34-51(54-35-40)56-45-23-11-7-19-41(45)42-20-8-12-24-46(42)56)39-29-27-36(28-30-39)55-47-25-13-9-21-43(47)52-48(55)32-33-50-53(52)44-22-10-14-26-49(44)57-50/h1-35H. The molecule has 0 unspecified atom stereocenters. The second-order valence-electron chi connectivity index (χ2n) is 15.1. The Hall–Kier alpha value is -7.47. The van der Waals surface area contributed by atoms with Crippen LogP contribution in [-0.2, 0) is 0 Å². The van der Waals surface area contributed by atoms with Crippen molar-refractivity contribution in [2.24, 2.45) is 0 Å². The van der Waals surface area contributed by atoms with E-state index in [0.29, 0.717) is 0 Å². The Labute approximate surface area is 335 Å². The van der Waals surface area contributed by atoms with Gasteiger partial charge in [-0.2, -0.15) is 0 Å². The van der Waals surface area contributed by atoms with E-state index in [2.05, 4.69) is 216 Å². The largest absolute Gasteiger partial charge is 0.456 e. The molecule has 8 aromatic carbocycles. The maximum Gasteiger partial charge on any atom is 0.181 e. The molecular weight excluding hydrogens is 723 g/mol. The number of nitrogens with zero attached hydrogens (tertiary/aromatic N) is 3. The lowest BCUT2D eigenvalue weighted by molar-refractivity contribution is 0.669. The Balaban J connectivity index is 1.07. The van der Waals surface area contributed by atoms with Crippen LogP contribution in [0.1, 0.15) is 0 Å². The fourth-order valence-electron chi connectivity index (χ4n) is 9.70. The monoisotopic (exact) mass is 757 g/mol. The summed E-state index contributed by atoms with van der Waals surface area (Å²) in [4.78, 5) is 5.32. The van der Waals surface area contributed by atoms with Gasteiger partial charge in [0.15, 0.2) is 8.07 Å². The highest BCUT2D eigenvalue weighted by atomic mass is 28.3. The zero-order valence-electron chi connectivity index (χ0n) is 31.5. The van der Waals surface area contributed by atoms with Crippen LogP contribution in [0.15, 0.2) is 217 Å². The summed E-state index contributed by atoms with van der Waals surface area (Å²) in [6.07, 6.45) is 2.15. The van der Waals surface area contributed by atoms with Crippen LogP contribution in [0.2, 0.25) is 0 Å². The lowest BCUT2D eigenvalue weighted by atomic mass is 10.1. The van der Waals surface area contributed by atoms with Gasteiger partial charge in [-0.1, -0.05) is 152 Å². The summed E-state index contributed by atoms with van der Waals surface area (Å²) in [7, 11) is -2.88. The van der Waals surface area contributed by atoms with Crippen LogP contribution >= 0.6 is 0 Å². The molecule has 4 nitrogen and oxygen atoms in total. The molecule has 58 heavy (non-hydrogen) atoms. The van der Waals surface area contributed by atoms with Crippen molar-refractivity contribution >= 4 is 94.4 Å². The summed E-state index contributed by atoms with van der Waals surface area (Å²) in [5.41, 5.74) is 7.57. The average Bonchev–Trinajstić information content (AvgIpc) is 3.96. The van der Waals surface area contributed by atoms with Crippen molar-refractivity contribution < 1.29 is 4.42 Å². The lowest BCUT2D eigenvalue weighted by Gasteiger charge is -2.34. The van der Waals surface area contributed by atoms with Crippen LogP contribution in [0.4, 0.5) is 0 Å².